The molecule has 3 heterocycles. The summed E-state index contributed by atoms with van der Waals surface area (Å²) >= 11 is 0. The normalized spacial score (nSPS) is 18.2. The molecule has 122 valence electrons. The summed E-state index contributed by atoms with van der Waals surface area (Å²) in [6.07, 6.45) is 8.52. The summed E-state index contributed by atoms with van der Waals surface area (Å²) in [7, 11) is 1.98. The molecule has 1 fully saturated rings. The van der Waals surface area contributed by atoms with E-state index in [0.717, 1.165) is 55.3 Å². The van der Waals surface area contributed by atoms with Crippen LogP contribution in [-0.2, 0) is 18.3 Å². The number of amides is 1. The fourth-order valence-corrected chi connectivity index (χ4v) is 3.18. The lowest BCUT2D eigenvalue weighted by atomic mass is 9.93. The van der Waals surface area contributed by atoms with Gasteiger partial charge in [-0.05, 0) is 32.1 Å². The van der Waals surface area contributed by atoms with Crippen LogP contribution in [0.4, 0.5) is 0 Å². The number of carbonyl (C=O) groups excluding carboxylic acids is 1. The Labute approximate surface area is 136 Å². The molecular weight excluding hydrogens is 290 g/mol. The van der Waals surface area contributed by atoms with Crippen molar-refractivity contribution in [1.82, 2.24) is 24.4 Å². The maximum absolute atomic E-state index is 11.6. The number of piperidine rings is 1. The van der Waals surface area contributed by atoms with Crippen LogP contribution in [0, 0.1) is 12.8 Å². The van der Waals surface area contributed by atoms with Crippen LogP contribution in [0.15, 0.2) is 18.6 Å². The minimum Gasteiger partial charge on any atom is -0.343 e. The Balaban J connectivity index is 1.75. The van der Waals surface area contributed by atoms with Crippen LogP contribution in [0.3, 0.4) is 0 Å². The predicted octanol–water partition coefficient (Wildman–Crippen LogP) is 1.99. The highest BCUT2D eigenvalue weighted by molar-refractivity contribution is 5.73. The highest BCUT2D eigenvalue weighted by Gasteiger charge is 2.22. The molecule has 0 aliphatic carbocycles. The lowest BCUT2D eigenvalue weighted by molar-refractivity contribution is -0.130. The number of aromatic nitrogens is 4. The minimum atomic E-state index is 0.167. The van der Waals surface area contributed by atoms with Gasteiger partial charge >= 0.3 is 0 Å². The number of rotatable bonds is 3. The topological polar surface area (TPSA) is 63.9 Å². The predicted molar refractivity (Wildman–Crippen MR) is 87.7 cm³/mol. The van der Waals surface area contributed by atoms with Crippen molar-refractivity contribution in [2.75, 3.05) is 13.1 Å². The number of nitrogens with zero attached hydrogens (tertiary/aromatic N) is 5. The smallest absolute Gasteiger partial charge is 0.219 e. The molecule has 0 N–H and O–H groups in total. The molecule has 0 unspecified atom stereocenters. The van der Waals surface area contributed by atoms with Gasteiger partial charge in [-0.2, -0.15) is 0 Å². The van der Waals surface area contributed by atoms with Crippen molar-refractivity contribution in [3.63, 3.8) is 0 Å². The van der Waals surface area contributed by atoms with Crippen molar-refractivity contribution in [2.45, 2.75) is 33.1 Å². The molecule has 0 aromatic carbocycles. The van der Waals surface area contributed by atoms with Crippen molar-refractivity contribution < 1.29 is 4.79 Å². The van der Waals surface area contributed by atoms with Gasteiger partial charge in [-0.15, -0.1) is 0 Å². The molecule has 23 heavy (non-hydrogen) atoms. The standard InChI is InChI=1S/C17H23N5O/c1-12-19-10-17(21(12)3)16-9-18-8-15(20-16)7-14-5-4-6-22(11-14)13(2)23/h8-10,14H,4-7,11H2,1-3H3/t14-/m0/s1. The Morgan fingerprint density at radius 1 is 1.35 bits per heavy atom. The summed E-state index contributed by atoms with van der Waals surface area (Å²) in [6, 6.07) is 0. The first-order chi connectivity index (χ1) is 11.0. The van der Waals surface area contributed by atoms with E-state index >= 15 is 0 Å². The number of imidazole rings is 1. The fourth-order valence-electron chi connectivity index (χ4n) is 3.18. The van der Waals surface area contributed by atoms with Gasteiger partial charge in [0.15, 0.2) is 0 Å². The van der Waals surface area contributed by atoms with Gasteiger partial charge in [-0.25, -0.2) is 9.97 Å². The first-order valence-corrected chi connectivity index (χ1v) is 8.09. The van der Waals surface area contributed by atoms with Crippen molar-refractivity contribution in [2.24, 2.45) is 13.0 Å². The van der Waals surface area contributed by atoms with Crippen LogP contribution in [0.25, 0.3) is 11.4 Å². The summed E-state index contributed by atoms with van der Waals surface area (Å²) in [5.74, 6) is 1.59. The molecule has 1 aliphatic rings. The van der Waals surface area contributed by atoms with Crippen molar-refractivity contribution in [3.8, 4) is 11.4 Å². The van der Waals surface area contributed by atoms with Crippen LogP contribution in [0.1, 0.15) is 31.3 Å². The van der Waals surface area contributed by atoms with E-state index in [0.29, 0.717) is 5.92 Å². The summed E-state index contributed by atoms with van der Waals surface area (Å²) in [5.41, 5.74) is 2.81. The molecule has 6 heteroatoms. The van der Waals surface area contributed by atoms with E-state index in [4.69, 9.17) is 4.98 Å². The van der Waals surface area contributed by atoms with Crippen LogP contribution < -0.4 is 0 Å². The maximum atomic E-state index is 11.6. The van der Waals surface area contributed by atoms with Gasteiger partial charge in [0, 0.05) is 33.3 Å². The van der Waals surface area contributed by atoms with Crippen molar-refractivity contribution in [3.05, 3.63) is 30.1 Å². The third kappa shape index (κ3) is 3.41. The molecule has 1 saturated heterocycles. The second-order valence-electron chi connectivity index (χ2n) is 6.32. The lowest BCUT2D eigenvalue weighted by Gasteiger charge is -2.31. The van der Waals surface area contributed by atoms with Crippen molar-refractivity contribution in [1.29, 1.82) is 0 Å². The fraction of sp³-hybridized carbons (Fsp3) is 0.529. The highest BCUT2D eigenvalue weighted by atomic mass is 16.2. The van der Waals surface area contributed by atoms with E-state index < -0.39 is 0 Å². The Morgan fingerprint density at radius 2 is 2.17 bits per heavy atom. The van der Waals surface area contributed by atoms with E-state index in [1.165, 1.54) is 0 Å². The van der Waals surface area contributed by atoms with Gasteiger partial charge < -0.3 is 9.47 Å². The Hall–Kier alpha value is -2.24. The molecule has 0 radical (unpaired) electrons. The van der Waals surface area contributed by atoms with E-state index in [1.807, 2.05) is 35.8 Å². The monoisotopic (exact) mass is 313 g/mol. The maximum Gasteiger partial charge on any atom is 0.219 e. The Bertz CT molecular complexity index is 709. The molecule has 0 spiro atoms. The molecule has 6 nitrogen and oxygen atoms in total. The third-order valence-electron chi connectivity index (χ3n) is 4.63. The van der Waals surface area contributed by atoms with E-state index in [2.05, 4.69) is 9.97 Å². The Morgan fingerprint density at radius 3 is 2.87 bits per heavy atom. The highest BCUT2D eigenvalue weighted by Crippen LogP contribution is 2.22. The number of aryl methyl sites for hydroxylation is 1. The summed E-state index contributed by atoms with van der Waals surface area (Å²) in [5, 5.41) is 0. The molecule has 0 saturated carbocycles. The zero-order valence-electron chi connectivity index (χ0n) is 14.0. The van der Waals surface area contributed by atoms with Gasteiger partial charge in [0.05, 0.1) is 23.8 Å². The molecule has 1 atom stereocenters. The molecule has 1 amide bonds. The average Bonchev–Trinajstić information content (AvgIpc) is 2.87. The molecular formula is C17H23N5O. The first kappa shape index (κ1) is 15.6. The third-order valence-corrected chi connectivity index (χ3v) is 4.63. The summed E-state index contributed by atoms with van der Waals surface area (Å²) < 4.78 is 2.02. The molecule has 0 bridgehead atoms. The van der Waals surface area contributed by atoms with Crippen LogP contribution in [-0.4, -0.2) is 43.4 Å². The van der Waals surface area contributed by atoms with E-state index in [9.17, 15) is 4.79 Å². The van der Waals surface area contributed by atoms with Gasteiger partial charge in [-0.3, -0.25) is 9.78 Å². The van der Waals surface area contributed by atoms with Gasteiger partial charge in [0.1, 0.15) is 11.5 Å². The average molecular weight is 313 g/mol. The molecule has 2 aromatic heterocycles. The van der Waals surface area contributed by atoms with E-state index in [1.54, 1.807) is 13.1 Å². The lowest BCUT2D eigenvalue weighted by Crippen LogP contribution is -2.39. The largest absolute Gasteiger partial charge is 0.343 e. The van der Waals surface area contributed by atoms with Crippen LogP contribution in [0.5, 0.6) is 0 Å². The van der Waals surface area contributed by atoms with Crippen LogP contribution in [0.2, 0.25) is 0 Å². The van der Waals surface area contributed by atoms with Gasteiger partial charge in [0.25, 0.3) is 0 Å². The number of hydrogen-bond acceptors (Lipinski definition) is 4. The molecule has 3 rings (SSSR count). The number of carbonyl (C=O) groups is 1. The van der Waals surface area contributed by atoms with E-state index in [-0.39, 0.29) is 5.91 Å². The first-order valence-electron chi connectivity index (χ1n) is 8.09. The summed E-state index contributed by atoms with van der Waals surface area (Å²) in [6.45, 7) is 5.32. The summed E-state index contributed by atoms with van der Waals surface area (Å²) in [4.78, 5) is 26.9. The van der Waals surface area contributed by atoms with Gasteiger partial charge in [-0.1, -0.05) is 0 Å². The SMILES string of the molecule is CC(=O)N1CCC[C@@H](Cc2cncc(-c3cnc(C)n3C)n2)C1. The quantitative estimate of drug-likeness (QED) is 0.869. The molecule has 2 aromatic rings. The second kappa shape index (κ2) is 6.48. The zero-order chi connectivity index (χ0) is 16.4. The minimum absolute atomic E-state index is 0.167. The zero-order valence-corrected chi connectivity index (χ0v) is 14.0. The van der Waals surface area contributed by atoms with Crippen molar-refractivity contribution >= 4 is 5.91 Å². The number of likely N-dealkylation sites (tertiary alicyclic amines) is 1. The second-order valence-corrected chi connectivity index (χ2v) is 6.32. The van der Waals surface area contributed by atoms with Gasteiger partial charge in [0.2, 0.25) is 5.91 Å². The Kier molecular flexibility index (Phi) is 4.41. The number of hydrogen-bond donors (Lipinski definition) is 0. The van der Waals surface area contributed by atoms with Crippen LogP contribution >= 0.6 is 0 Å². The molecule has 1 aliphatic heterocycles.